The Morgan fingerprint density at radius 2 is 2.35 bits per heavy atom. The zero-order chi connectivity index (χ0) is 12.1. The quantitative estimate of drug-likeness (QED) is 0.849. The highest BCUT2D eigenvalue weighted by molar-refractivity contribution is 6.19. The maximum atomic E-state index is 11.4. The number of hydrogen-bond donors (Lipinski definition) is 1. The van der Waals surface area contributed by atoms with E-state index in [1.807, 2.05) is 24.3 Å². The van der Waals surface area contributed by atoms with Gasteiger partial charge >= 0.3 is 0 Å². The van der Waals surface area contributed by atoms with E-state index in [1.54, 1.807) is 6.20 Å². The van der Waals surface area contributed by atoms with Crippen LogP contribution in [0.2, 0.25) is 0 Å². The molecule has 88 valence electrons. The van der Waals surface area contributed by atoms with Crippen LogP contribution in [0.4, 0.5) is 5.69 Å². The molecule has 0 fully saturated rings. The monoisotopic (exact) mass is 250 g/mol. The maximum absolute atomic E-state index is 11.4. The van der Waals surface area contributed by atoms with Crippen LogP contribution in [0.3, 0.4) is 0 Å². The second-order valence-electron chi connectivity index (χ2n) is 3.43. The highest BCUT2D eigenvalue weighted by Crippen LogP contribution is 2.22. The van der Waals surface area contributed by atoms with Crippen LogP contribution in [0.15, 0.2) is 41.3 Å². The molecule has 4 nitrogen and oxygen atoms in total. The van der Waals surface area contributed by atoms with Crippen molar-refractivity contribution >= 4 is 23.2 Å². The van der Waals surface area contributed by atoms with Crippen LogP contribution in [-0.2, 0) is 4.79 Å². The van der Waals surface area contributed by atoms with E-state index in [-0.39, 0.29) is 5.91 Å². The summed E-state index contributed by atoms with van der Waals surface area (Å²) < 4.78 is 5.18. The van der Waals surface area contributed by atoms with Crippen LogP contribution >= 0.6 is 11.6 Å². The van der Waals surface area contributed by atoms with Crippen molar-refractivity contribution in [2.24, 2.45) is 0 Å². The van der Waals surface area contributed by atoms with Gasteiger partial charge in [-0.25, -0.2) is 4.98 Å². The third-order valence-corrected chi connectivity index (χ3v) is 2.37. The second-order valence-corrected chi connectivity index (χ2v) is 3.81. The van der Waals surface area contributed by atoms with Crippen molar-refractivity contribution in [2.75, 3.05) is 11.2 Å². The van der Waals surface area contributed by atoms with Gasteiger partial charge in [0.25, 0.3) is 0 Å². The van der Waals surface area contributed by atoms with Crippen molar-refractivity contribution in [1.29, 1.82) is 0 Å². The van der Waals surface area contributed by atoms with Crippen molar-refractivity contribution in [1.82, 2.24) is 4.98 Å². The number of hydrogen-bond acceptors (Lipinski definition) is 3. The van der Waals surface area contributed by atoms with Crippen molar-refractivity contribution in [3.63, 3.8) is 0 Å². The van der Waals surface area contributed by atoms with E-state index < -0.39 is 0 Å². The Bertz CT molecular complexity index is 497. The number of oxazole rings is 1. The molecule has 5 heteroatoms. The molecule has 0 aliphatic rings. The van der Waals surface area contributed by atoms with Crippen LogP contribution in [0.1, 0.15) is 6.42 Å². The Morgan fingerprint density at radius 3 is 3.06 bits per heavy atom. The fraction of sp³-hybridized carbons (Fsp3) is 0.167. The van der Waals surface area contributed by atoms with E-state index in [0.29, 0.717) is 23.7 Å². The summed E-state index contributed by atoms with van der Waals surface area (Å²) in [4.78, 5) is 15.2. The van der Waals surface area contributed by atoms with Gasteiger partial charge in [0.15, 0.2) is 12.2 Å². The molecule has 0 bridgehead atoms. The molecule has 1 N–H and O–H groups in total. The average molecular weight is 251 g/mol. The van der Waals surface area contributed by atoms with Gasteiger partial charge in [0, 0.05) is 23.6 Å². The lowest BCUT2D eigenvalue weighted by molar-refractivity contribution is -0.115. The molecule has 0 unspecified atom stereocenters. The number of aromatic nitrogens is 1. The van der Waals surface area contributed by atoms with Crippen LogP contribution in [0.5, 0.6) is 0 Å². The van der Waals surface area contributed by atoms with Gasteiger partial charge in [-0.1, -0.05) is 12.1 Å². The molecule has 0 aliphatic heterocycles. The topological polar surface area (TPSA) is 55.1 Å². The SMILES string of the molecule is O=C(CCCl)Nc1cccc(-c2cnco2)c1. The molecular formula is C12H11ClN2O2. The zero-order valence-corrected chi connectivity index (χ0v) is 9.78. The molecule has 0 spiro atoms. The number of carbonyl (C=O) groups excluding carboxylic acids is 1. The summed E-state index contributed by atoms with van der Waals surface area (Å²) in [6.45, 7) is 0. The molecule has 1 heterocycles. The van der Waals surface area contributed by atoms with Crippen LogP contribution in [0.25, 0.3) is 11.3 Å². The van der Waals surface area contributed by atoms with E-state index in [2.05, 4.69) is 10.3 Å². The van der Waals surface area contributed by atoms with Crippen molar-refractivity contribution in [2.45, 2.75) is 6.42 Å². The summed E-state index contributed by atoms with van der Waals surface area (Å²) in [7, 11) is 0. The molecular weight excluding hydrogens is 240 g/mol. The molecule has 0 saturated heterocycles. The van der Waals surface area contributed by atoms with Crippen molar-refractivity contribution in [3.05, 3.63) is 36.9 Å². The Kier molecular flexibility index (Phi) is 3.77. The van der Waals surface area contributed by atoms with Gasteiger partial charge in [-0.3, -0.25) is 4.79 Å². The number of benzene rings is 1. The molecule has 1 aromatic heterocycles. The minimum atomic E-state index is -0.102. The Balaban J connectivity index is 2.15. The first-order valence-corrected chi connectivity index (χ1v) is 5.68. The number of rotatable bonds is 4. The van der Waals surface area contributed by atoms with Gasteiger partial charge in [-0.2, -0.15) is 0 Å². The first-order chi connectivity index (χ1) is 8.29. The lowest BCUT2D eigenvalue weighted by Gasteiger charge is -2.05. The molecule has 0 saturated carbocycles. The molecule has 1 amide bonds. The lowest BCUT2D eigenvalue weighted by Crippen LogP contribution is -2.11. The summed E-state index contributed by atoms with van der Waals surface area (Å²) in [5.74, 6) is 0.876. The summed E-state index contributed by atoms with van der Waals surface area (Å²) in [6.07, 6.45) is 3.29. The van der Waals surface area contributed by atoms with Crippen molar-refractivity contribution in [3.8, 4) is 11.3 Å². The molecule has 0 atom stereocenters. The number of carbonyl (C=O) groups is 1. The summed E-state index contributed by atoms with van der Waals surface area (Å²) in [5, 5.41) is 2.76. The number of alkyl halides is 1. The van der Waals surface area contributed by atoms with Crippen LogP contribution in [-0.4, -0.2) is 16.8 Å². The highest BCUT2D eigenvalue weighted by Gasteiger charge is 2.04. The van der Waals surface area contributed by atoms with E-state index in [1.165, 1.54) is 6.39 Å². The molecule has 1 aromatic carbocycles. The lowest BCUT2D eigenvalue weighted by atomic mass is 10.1. The van der Waals surface area contributed by atoms with Gasteiger partial charge < -0.3 is 9.73 Å². The minimum Gasteiger partial charge on any atom is -0.444 e. The highest BCUT2D eigenvalue weighted by atomic mass is 35.5. The van der Waals surface area contributed by atoms with E-state index in [4.69, 9.17) is 16.0 Å². The number of nitrogens with zero attached hydrogens (tertiary/aromatic N) is 1. The summed E-state index contributed by atoms with van der Waals surface area (Å²) in [5.41, 5.74) is 1.58. The third-order valence-electron chi connectivity index (χ3n) is 2.18. The fourth-order valence-corrected chi connectivity index (χ4v) is 1.59. The predicted molar refractivity (Wildman–Crippen MR) is 65.9 cm³/mol. The third kappa shape index (κ3) is 3.07. The molecule has 2 rings (SSSR count). The smallest absolute Gasteiger partial charge is 0.225 e. The normalized spacial score (nSPS) is 10.2. The van der Waals surface area contributed by atoms with Gasteiger partial charge in [-0.15, -0.1) is 11.6 Å². The summed E-state index contributed by atoms with van der Waals surface area (Å²) >= 11 is 5.49. The second kappa shape index (κ2) is 5.50. The van der Waals surface area contributed by atoms with Crippen LogP contribution < -0.4 is 5.32 Å². The summed E-state index contributed by atoms with van der Waals surface area (Å²) in [6, 6.07) is 7.37. The average Bonchev–Trinajstić information content (AvgIpc) is 2.83. The van der Waals surface area contributed by atoms with Crippen molar-refractivity contribution < 1.29 is 9.21 Å². The Morgan fingerprint density at radius 1 is 1.47 bits per heavy atom. The molecule has 17 heavy (non-hydrogen) atoms. The number of nitrogens with one attached hydrogen (secondary N) is 1. The first-order valence-electron chi connectivity index (χ1n) is 5.14. The largest absolute Gasteiger partial charge is 0.444 e. The van der Waals surface area contributed by atoms with Crippen LogP contribution in [0, 0.1) is 0 Å². The number of halogens is 1. The van der Waals surface area contributed by atoms with Gasteiger partial charge in [-0.05, 0) is 12.1 Å². The number of anilines is 1. The first kappa shape index (κ1) is 11.7. The molecule has 0 aliphatic carbocycles. The van der Waals surface area contributed by atoms with E-state index in [9.17, 15) is 4.79 Å². The van der Waals surface area contributed by atoms with Gasteiger partial charge in [0.05, 0.1) is 6.20 Å². The molecule has 2 aromatic rings. The van der Waals surface area contributed by atoms with Gasteiger partial charge in [0.2, 0.25) is 5.91 Å². The minimum absolute atomic E-state index is 0.102. The fourth-order valence-electron chi connectivity index (χ4n) is 1.42. The Labute approximate surface area is 104 Å². The maximum Gasteiger partial charge on any atom is 0.225 e. The van der Waals surface area contributed by atoms with E-state index >= 15 is 0 Å². The standard InChI is InChI=1S/C12H11ClN2O2/c13-5-4-12(16)15-10-3-1-2-9(6-10)11-7-14-8-17-11/h1-3,6-8H,4-5H2,(H,15,16). The molecule has 0 radical (unpaired) electrons. The predicted octanol–water partition coefficient (Wildman–Crippen LogP) is 2.91. The number of amides is 1. The Hall–Kier alpha value is -1.81. The van der Waals surface area contributed by atoms with E-state index in [0.717, 1.165) is 5.56 Å². The van der Waals surface area contributed by atoms with Gasteiger partial charge in [0.1, 0.15) is 0 Å². The zero-order valence-electron chi connectivity index (χ0n) is 9.02.